The van der Waals surface area contributed by atoms with Gasteiger partial charge in [0.15, 0.2) is 0 Å². The van der Waals surface area contributed by atoms with Crippen molar-refractivity contribution in [3.8, 4) is 5.75 Å². The molecule has 2 N–H and O–H groups in total. The lowest BCUT2D eigenvalue weighted by atomic mass is 10.2. The van der Waals surface area contributed by atoms with E-state index in [1.807, 2.05) is 0 Å². The van der Waals surface area contributed by atoms with Crippen molar-refractivity contribution < 1.29 is 24.5 Å². The Kier molecular flexibility index (Phi) is 10.1. The molecule has 124 valence electrons. The van der Waals surface area contributed by atoms with Crippen LogP contribution in [-0.4, -0.2) is 42.6 Å². The van der Waals surface area contributed by atoms with E-state index in [1.54, 1.807) is 24.3 Å². The zero-order chi connectivity index (χ0) is 16.0. The van der Waals surface area contributed by atoms with E-state index in [0.29, 0.717) is 31.6 Å². The molecule has 0 unspecified atom stereocenters. The average Bonchev–Trinajstić information content (AvgIpc) is 2.55. The molecule has 0 radical (unpaired) electrons. The number of hydrogen-bond acceptors (Lipinski definition) is 5. The number of esters is 1. The first kappa shape index (κ1) is 18.5. The Morgan fingerprint density at radius 1 is 0.818 bits per heavy atom. The van der Waals surface area contributed by atoms with E-state index >= 15 is 0 Å². The van der Waals surface area contributed by atoms with Gasteiger partial charge in [-0.25, -0.2) is 4.79 Å². The van der Waals surface area contributed by atoms with Crippen LogP contribution in [0.15, 0.2) is 24.3 Å². The molecule has 1 rings (SSSR count). The van der Waals surface area contributed by atoms with Crippen molar-refractivity contribution in [3.05, 3.63) is 29.8 Å². The maximum absolute atomic E-state index is 11.7. The highest BCUT2D eigenvalue weighted by atomic mass is 16.5. The number of ether oxygens (including phenoxy) is 2. The summed E-state index contributed by atoms with van der Waals surface area (Å²) in [5, 5.41) is 17.3. The van der Waals surface area contributed by atoms with Gasteiger partial charge in [-0.05, 0) is 56.4 Å². The molecule has 0 aliphatic carbocycles. The van der Waals surface area contributed by atoms with Crippen molar-refractivity contribution in [2.75, 3.05) is 26.4 Å². The number of unbranched alkanes of at least 4 members (excludes halogenated alkanes) is 4. The molecular weight excluding hydrogens is 284 g/mol. The molecule has 0 spiro atoms. The van der Waals surface area contributed by atoms with Crippen LogP contribution in [-0.2, 0) is 4.74 Å². The molecule has 1 aromatic carbocycles. The third kappa shape index (κ3) is 8.00. The Hall–Kier alpha value is -1.59. The Labute approximate surface area is 131 Å². The minimum absolute atomic E-state index is 0.115. The molecular formula is C17H26O5. The van der Waals surface area contributed by atoms with E-state index in [0.717, 1.165) is 31.4 Å². The number of aliphatic hydroxyl groups excluding tert-OH is 2. The number of carbonyl (C=O) groups excluding carboxylic acids is 1. The van der Waals surface area contributed by atoms with Crippen molar-refractivity contribution in [1.29, 1.82) is 0 Å². The van der Waals surface area contributed by atoms with Crippen LogP contribution < -0.4 is 4.74 Å². The fourth-order valence-electron chi connectivity index (χ4n) is 1.91. The fourth-order valence-corrected chi connectivity index (χ4v) is 1.91. The molecule has 0 aromatic heterocycles. The van der Waals surface area contributed by atoms with Gasteiger partial charge in [0, 0.05) is 13.2 Å². The van der Waals surface area contributed by atoms with Gasteiger partial charge in [-0.3, -0.25) is 0 Å². The van der Waals surface area contributed by atoms with E-state index in [1.165, 1.54) is 0 Å². The molecule has 0 aliphatic rings. The summed E-state index contributed by atoms with van der Waals surface area (Å²) < 4.78 is 10.7. The molecule has 0 amide bonds. The SMILES string of the molecule is O=C(OCCCCO)c1ccc(OCCCCCCO)cc1. The first-order valence-electron chi connectivity index (χ1n) is 7.89. The first-order valence-corrected chi connectivity index (χ1v) is 7.89. The molecule has 22 heavy (non-hydrogen) atoms. The summed E-state index contributed by atoms with van der Waals surface area (Å²) in [6.07, 6.45) is 5.15. The van der Waals surface area contributed by atoms with Gasteiger partial charge in [-0.2, -0.15) is 0 Å². The van der Waals surface area contributed by atoms with Gasteiger partial charge in [-0.1, -0.05) is 6.42 Å². The van der Waals surface area contributed by atoms with Crippen LogP contribution in [0.1, 0.15) is 48.9 Å². The van der Waals surface area contributed by atoms with E-state index in [9.17, 15) is 4.79 Å². The minimum Gasteiger partial charge on any atom is -0.494 e. The highest BCUT2D eigenvalue weighted by Gasteiger charge is 2.06. The average molecular weight is 310 g/mol. The van der Waals surface area contributed by atoms with Crippen molar-refractivity contribution in [2.24, 2.45) is 0 Å². The largest absolute Gasteiger partial charge is 0.494 e. The van der Waals surface area contributed by atoms with Crippen LogP contribution in [0.25, 0.3) is 0 Å². The van der Waals surface area contributed by atoms with Gasteiger partial charge in [0.05, 0.1) is 18.8 Å². The second kappa shape index (κ2) is 12.0. The standard InChI is InChI=1S/C17H26O5/c18-11-3-1-2-5-13-21-16-9-7-15(8-10-16)17(20)22-14-6-4-12-19/h7-10,18-19H,1-6,11-14H2. The van der Waals surface area contributed by atoms with Crippen LogP contribution in [0.2, 0.25) is 0 Å². The van der Waals surface area contributed by atoms with E-state index in [4.69, 9.17) is 19.7 Å². The van der Waals surface area contributed by atoms with E-state index in [2.05, 4.69) is 0 Å². The van der Waals surface area contributed by atoms with Crippen LogP contribution in [0.4, 0.5) is 0 Å². The predicted molar refractivity (Wildman–Crippen MR) is 84.1 cm³/mol. The van der Waals surface area contributed by atoms with Gasteiger partial charge in [0.25, 0.3) is 0 Å². The normalized spacial score (nSPS) is 10.5. The Balaban J connectivity index is 2.23. The first-order chi connectivity index (χ1) is 10.8. The second-order valence-corrected chi connectivity index (χ2v) is 5.08. The number of benzene rings is 1. The Morgan fingerprint density at radius 2 is 1.41 bits per heavy atom. The number of aliphatic hydroxyl groups is 2. The number of hydrogen-bond donors (Lipinski definition) is 2. The molecule has 0 heterocycles. The highest BCUT2D eigenvalue weighted by Crippen LogP contribution is 2.14. The summed E-state index contributed by atoms with van der Waals surface area (Å²) in [6.45, 7) is 1.32. The lowest BCUT2D eigenvalue weighted by Crippen LogP contribution is -2.07. The topological polar surface area (TPSA) is 76.0 Å². The lowest BCUT2D eigenvalue weighted by Gasteiger charge is -2.07. The monoisotopic (exact) mass is 310 g/mol. The van der Waals surface area contributed by atoms with E-state index in [-0.39, 0.29) is 19.2 Å². The molecule has 0 bridgehead atoms. The second-order valence-electron chi connectivity index (χ2n) is 5.08. The van der Waals surface area contributed by atoms with Crippen molar-refractivity contribution in [1.82, 2.24) is 0 Å². The van der Waals surface area contributed by atoms with Gasteiger partial charge >= 0.3 is 5.97 Å². The zero-order valence-corrected chi connectivity index (χ0v) is 13.0. The molecule has 5 nitrogen and oxygen atoms in total. The van der Waals surface area contributed by atoms with Crippen molar-refractivity contribution in [2.45, 2.75) is 38.5 Å². The number of carbonyl (C=O) groups is 1. The van der Waals surface area contributed by atoms with Crippen LogP contribution in [0, 0.1) is 0 Å². The summed E-state index contributed by atoms with van der Waals surface area (Å²) in [5.41, 5.74) is 0.499. The minimum atomic E-state index is -0.353. The Morgan fingerprint density at radius 3 is 2.09 bits per heavy atom. The molecule has 5 heteroatoms. The molecule has 0 atom stereocenters. The quantitative estimate of drug-likeness (QED) is 0.458. The van der Waals surface area contributed by atoms with Crippen LogP contribution in [0.3, 0.4) is 0 Å². The molecule has 0 aliphatic heterocycles. The lowest BCUT2D eigenvalue weighted by molar-refractivity contribution is 0.0492. The third-order valence-corrected chi connectivity index (χ3v) is 3.20. The van der Waals surface area contributed by atoms with Gasteiger partial charge in [-0.15, -0.1) is 0 Å². The summed E-state index contributed by atoms with van der Waals surface area (Å²) in [5.74, 6) is 0.382. The summed E-state index contributed by atoms with van der Waals surface area (Å²) in [4.78, 5) is 11.7. The predicted octanol–water partition coefficient (Wildman–Crippen LogP) is 2.55. The molecule has 0 saturated carbocycles. The number of rotatable bonds is 12. The third-order valence-electron chi connectivity index (χ3n) is 3.20. The van der Waals surface area contributed by atoms with E-state index < -0.39 is 0 Å². The Bertz CT molecular complexity index is 402. The fraction of sp³-hybridized carbons (Fsp3) is 0.588. The smallest absolute Gasteiger partial charge is 0.338 e. The summed E-state index contributed by atoms with van der Waals surface area (Å²) >= 11 is 0. The van der Waals surface area contributed by atoms with Crippen molar-refractivity contribution >= 4 is 5.97 Å². The maximum Gasteiger partial charge on any atom is 0.338 e. The van der Waals surface area contributed by atoms with Gasteiger partial charge in [0.1, 0.15) is 5.75 Å². The van der Waals surface area contributed by atoms with Crippen LogP contribution in [0.5, 0.6) is 5.75 Å². The van der Waals surface area contributed by atoms with Gasteiger partial charge in [0.2, 0.25) is 0 Å². The molecule has 1 aromatic rings. The van der Waals surface area contributed by atoms with Crippen LogP contribution >= 0.6 is 0 Å². The maximum atomic E-state index is 11.7. The molecule has 0 fully saturated rings. The zero-order valence-electron chi connectivity index (χ0n) is 13.0. The molecule has 0 saturated heterocycles. The van der Waals surface area contributed by atoms with Crippen molar-refractivity contribution in [3.63, 3.8) is 0 Å². The summed E-state index contributed by atoms with van der Waals surface area (Å²) in [7, 11) is 0. The van der Waals surface area contributed by atoms with Gasteiger partial charge < -0.3 is 19.7 Å². The highest BCUT2D eigenvalue weighted by molar-refractivity contribution is 5.89. The summed E-state index contributed by atoms with van der Waals surface area (Å²) in [6, 6.07) is 6.90.